The summed E-state index contributed by atoms with van der Waals surface area (Å²) in [7, 11) is 0. The van der Waals surface area contributed by atoms with Crippen LogP contribution in [0.1, 0.15) is 15.9 Å². The molecule has 0 aliphatic heterocycles. The van der Waals surface area contributed by atoms with Crippen molar-refractivity contribution in [3.63, 3.8) is 0 Å². The fourth-order valence-corrected chi connectivity index (χ4v) is 1.48. The summed E-state index contributed by atoms with van der Waals surface area (Å²) in [6, 6.07) is 5.74. The minimum absolute atomic E-state index is 0.671. The van der Waals surface area contributed by atoms with Crippen molar-refractivity contribution >= 4 is 6.29 Å². The second-order valence-electron chi connectivity index (χ2n) is 3.34. The summed E-state index contributed by atoms with van der Waals surface area (Å²) < 4.78 is 0. The Morgan fingerprint density at radius 1 is 1.20 bits per heavy atom. The van der Waals surface area contributed by atoms with Crippen LogP contribution in [0.25, 0.3) is 11.1 Å². The van der Waals surface area contributed by atoms with Crippen LogP contribution in [0.3, 0.4) is 0 Å². The van der Waals surface area contributed by atoms with Crippen LogP contribution >= 0.6 is 0 Å². The van der Waals surface area contributed by atoms with Crippen molar-refractivity contribution in [2.24, 2.45) is 0 Å². The summed E-state index contributed by atoms with van der Waals surface area (Å²) in [4.78, 5) is 18.8. The molecule has 2 aromatic rings. The summed E-state index contributed by atoms with van der Waals surface area (Å²) in [5.41, 5.74) is 3.47. The van der Waals surface area contributed by atoms with E-state index in [1.807, 2.05) is 25.1 Å². The van der Waals surface area contributed by atoms with Gasteiger partial charge in [0.25, 0.3) is 0 Å². The van der Waals surface area contributed by atoms with Crippen molar-refractivity contribution in [3.05, 3.63) is 48.0 Å². The predicted molar refractivity (Wildman–Crippen MR) is 57.6 cm³/mol. The summed E-state index contributed by atoms with van der Waals surface area (Å²) >= 11 is 0. The van der Waals surface area contributed by atoms with Crippen LogP contribution in [0.5, 0.6) is 0 Å². The highest BCUT2D eigenvalue weighted by Crippen LogP contribution is 2.21. The molecule has 0 radical (unpaired) electrons. The van der Waals surface area contributed by atoms with Crippen molar-refractivity contribution in [2.75, 3.05) is 0 Å². The van der Waals surface area contributed by atoms with E-state index < -0.39 is 0 Å². The average Bonchev–Trinajstić information content (AvgIpc) is 2.30. The van der Waals surface area contributed by atoms with Crippen LogP contribution in [-0.4, -0.2) is 16.3 Å². The Hall–Kier alpha value is -2.03. The molecular formula is C12H10N2O. The van der Waals surface area contributed by atoms with E-state index in [1.54, 1.807) is 12.4 Å². The quantitative estimate of drug-likeness (QED) is 0.695. The minimum Gasteiger partial charge on any atom is -0.298 e. The molecule has 0 spiro atoms. The maximum absolute atomic E-state index is 10.9. The van der Waals surface area contributed by atoms with Gasteiger partial charge in [-0.05, 0) is 18.6 Å². The number of aromatic nitrogens is 2. The highest BCUT2D eigenvalue weighted by Gasteiger charge is 2.04. The van der Waals surface area contributed by atoms with Crippen molar-refractivity contribution < 1.29 is 4.79 Å². The van der Waals surface area contributed by atoms with E-state index in [9.17, 15) is 4.79 Å². The molecule has 0 bridgehead atoms. The standard InChI is InChI=1S/C12H10N2O/c1-9-2-3-12(10(4-9)7-15)11-5-13-8-14-6-11/h2-8H,1H3. The predicted octanol–water partition coefficient (Wildman–Crippen LogP) is 2.26. The molecule has 0 saturated carbocycles. The molecular weight excluding hydrogens is 188 g/mol. The topological polar surface area (TPSA) is 42.9 Å². The largest absolute Gasteiger partial charge is 0.298 e. The number of benzene rings is 1. The molecule has 0 atom stereocenters. The van der Waals surface area contributed by atoms with Crippen LogP contribution < -0.4 is 0 Å². The average molecular weight is 198 g/mol. The van der Waals surface area contributed by atoms with E-state index in [1.165, 1.54) is 6.33 Å². The summed E-state index contributed by atoms with van der Waals surface area (Å²) in [6.07, 6.45) is 5.73. The first kappa shape index (κ1) is 9.52. The summed E-state index contributed by atoms with van der Waals surface area (Å²) in [5.74, 6) is 0. The van der Waals surface area contributed by atoms with Crippen LogP contribution in [0.15, 0.2) is 36.9 Å². The molecule has 0 aliphatic rings. The van der Waals surface area contributed by atoms with Crippen LogP contribution in [-0.2, 0) is 0 Å². The van der Waals surface area contributed by atoms with Gasteiger partial charge < -0.3 is 0 Å². The van der Waals surface area contributed by atoms with Crippen LogP contribution in [0, 0.1) is 6.92 Å². The van der Waals surface area contributed by atoms with E-state index in [0.717, 1.165) is 23.0 Å². The molecule has 74 valence electrons. The molecule has 1 aromatic carbocycles. The van der Waals surface area contributed by atoms with Gasteiger partial charge in [0, 0.05) is 23.5 Å². The van der Waals surface area contributed by atoms with Gasteiger partial charge in [-0.15, -0.1) is 0 Å². The van der Waals surface area contributed by atoms with Gasteiger partial charge in [0.1, 0.15) is 6.33 Å². The lowest BCUT2D eigenvalue weighted by Crippen LogP contribution is -1.90. The van der Waals surface area contributed by atoms with Gasteiger partial charge in [-0.25, -0.2) is 9.97 Å². The molecule has 0 aliphatic carbocycles. The fraction of sp³-hybridized carbons (Fsp3) is 0.0833. The van der Waals surface area contributed by atoms with Gasteiger partial charge in [-0.1, -0.05) is 17.7 Å². The summed E-state index contributed by atoms with van der Waals surface area (Å²) in [6.45, 7) is 1.96. The van der Waals surface area contributed by atoms with Crippen LogP contribution in [0.4, 0.5) is 0 Å². The molecule has 1 aromatic heterocycles. The molecule has 0 N–H and O–H groups in total. The molecule has 0 amide bonds. The normalized spacial score (nSPS) is 9.93. The molecule has 0 saturated heterocycles. The van der Waals surface area contributed by atoms with Crippen molar-refractivity contribution in [1.82, 2.24) is 9.97 Å². The number of nitrogens with zero attached hydrogens (tertiary/aromatic N) is 2. The Labute approximate surface area is 87.8 Å². The van der Waals surface area contributed by atoms with Gasteiger partial charge in [-0.3, -0.25) is 4.79 Å². The first-order valence-corrected chi connectivity index (χ1v) is 4.62. The number of rotatable bonds is 2. The van der Waals surface area contributed by atoms with Crippen molar-refractivity contribution in [2.45, 2.75) is 6.92 Å². The molecule has 1 heterocycles. The Balaban J connectivity index is 2.58. The first-order chi connectivity index (χ1) is 7.31. The molecule has 3 nitrogen and oxygen atoms in total. The number of hydrogen-bond acceptors (Lipinski definition) is 3. The highest BCUT2D eigenvalue weighted by molar-refractivity contribution is 5.87. The fourth-order valence-electron chi connectivity index (χ4n) is 1.48. The second-order valence-corrected chi connectivity index (χ2v) is 3.34. The number of aldehydes is 1. The number of aryl methyl sites for hydroxylation is 1. The molecule has 2 rings (SSSR count). The Bertz CT molecular complexity index is 480. The Kier molecular flexibility index (Phi) is 2.54. The second kappa shape index (κ2) is 4.00. The van der Waals surface area contributed by atoms with E-state index >= 15 is 0 Å². The Morgan fingerprint density at radius 2 is 1.93 bits per heavy atom. The number of carbonyl (C=O) groups is 1. The number of carbonyl (C=O) groups excluding carboxylic acids is 1. The third-order valence-corrected chi connectivity index (χ3v) is 2.21. The smallest absolute Gasteiger partial charge is 0.150 e. The van der Waals surface area contributed by atoms with Gasteiger partial charge in [0.2, 0.25) is 0 Å². The molecule has 0 fully saturated rings. The van der Waals surface area contributed by atoms with Gasteiger partial charge in [-0.2, -0.15) is 0 Å². The zero-order valence-corrected chi connectivity index (χ0v) is 8.34. The lowest BCUT2D eigenvalue weighted by atomic mass is 10.0. The minimum atomic E-state index is 0.671. The summed E-state index contributed by atoms with van der Waals surface area (Å²) in [5, 5.41) is 0. The lowest BCUT2D eigenvalue weighted by Gasteiger charge is -2.04. The zero-order valence-electron chi connectivity index (χ0n) is 8.34. The SMILES string of the molecule is Cc1ccc(-c2cncnc2)c(C=O)c1. The van der Waals surface area contributed by atoms with Crippen LogP contribution in [0.2, 0.25) is 0 Å². The third kappa shape index (κ3) is 1.91. The van der Waals surface area contributed by atoms with Gasteiger partial charge >= 0.3 is 0 Å². The van der Waals surface area contributed by atoms with E-state index in [0.29, 0.717) is 5.56 Å². The van der Waals surface area contributed by atoms with Crippen molar-refractivity contribution in [1.29, 1.82) is 0 Å². The molecule has 0 unspecified atom stereocenters. The number of hydrogen-bond donors (Lipinski definition) is 0. The maximum Gasteiger partial charge on any atom is 0.150 e. The first-order valence-electron chi connectivity index (χ1n) is 4.62. The van der Waals surface area contributed by atoms with Gasteiger partial charge in [0.05, 0.1) is 0 Å². The third-order valence-electron chi connectivity index (χ3n) is 2.21. The molecule has 3 heteroatoms. The van der Waals surface area contributed by atoms with E-state index in [-0.39, 0.29) is 0 Å². The van der Waals surface area contributed by atoms with Gasteiger partial charge in [0.15, 0.2) is 6.29 Å². The van der Waals surface area contributed by atoms with Crippen molar-refractivity contribution in [3.8, 4) is 11.1 Å². The lowest BCUT2D eigenvalue weighted by molar-refractivity contribution is 0.112. The molecule has 15 heavy (non-hydrogen) atoms. The maximum atomic E-state index is 10.9. The van der Waals surface area contributed by atoms with E-state index in [2.05, 4.69) is 9.97 Å². The van der Waals surface area contributed by atoms with E-state index in [4.69, 9.17) is 0 Å². The monoisotopic (exact) mass is 198 g/mol. The highest BCUT2D eigenvalue weighted by atomic mass is 16.1. The zero-order chi connectivity index (χ0) is 10.7. The Morgan fingerprint density at radius 3 is 2.60 bits per heavy atom.